The summed E-state index contributed by atoms with van der Waals surface area (Å²) in [4.78, 5) is 12.3. The Morgan fingerprint density at radius 1 is 1.62 bits per heavy atom. The molecule has 0 spiro atoms. The number of carbonyl (C=O) groups is 1. The van der Waals surface area contributed by atoms with E-state index in [1.54, 1.807) is 11.8 Å². The standard InChI is InChI=1S/C9H11NO2S/c11-9(12)6-10-3-1-8-7(5-10)2-4-13-8/h1-4,7-8H,5-6H2,(H,11,12). The molecule has 2 rings (SSSR count). The lowest BCUT2D eigenvalue weighted by atomic mass is 10.0. The number of aliphatic carboxylic acids is 1. The van der Waals surface area contributed by atoms with Crippen LogP contribution in [0.1, 0.15) is 0 Å². The molecule has 70 valence electrons. The van der Waals surface area contributed by atoms with Gasteiger partial charge in [-0.1, -0.05) is 12.2 Å². The normalized spacial score (nSPS) is 30.6. The number of nitrogens with zero attached hydrogens (tertiary/aromatic N) is 1. The highest BCUT2D eigenvalue weighted by Gasteiger charge is 2.26. The Labute approximate surface area is 81.1 Å². The Kier molecular flexibility index (Phi) is 2.31. The van der Waals surface area contributed by atoms with Gasteiger partial charge in [-0.15, -0.1) is 11.8 Å². The van der Waals surface area contributed by atoms with Crippen LogP contribution in [0.25, 0.3) is 0 Å². The van der Waals surface area contributed by atoms with Crippen LogP contribution in [0.4, 0.5) is 0 Å². The fourth-order valence-corrected chi connectivity index (χ4v) is 2.64. The van der Waals surface area contributed by atoms with Gasteiger partial charge >= 0.3 is 5.97 Å². The van der Waals surface area contributed by atoms with Gasteiger partial charge in [-0.05, 0) is 11.6 Å². The molecular formula is C9H11NO2S. The Morgan fingerprint density at radius 3 is 3.23 bits per heavy atom. The molecule has 2 atom stereocenters. The van der Waals surface area contributed by atoms with Crippen LogP contribution in [0.5, 0.6) is 0 Å². The molecule has 2 unspecified atom stereocenters. The number of fused-ring (bicyclic) bond motifs is 1. The predicted octanol–water partition coefficient (Wildman–Crippen LogP) is 1.15. The van der Waals surface area contributed by atoms with Gasteiger partial charge in [0.05, 0.1) is 0 Å². The fraction of sp³-hybridized carbons (Fsp3) is 0.444. The van der Waals surface area contributed by atoms with Gasteiger partial charge < -0.3 is 10.0 Å². The zero-order valence-electron chi connectivity index (χ0n) is 7.09. The summed E-state index contributed by atoms with van der Waals surface area (Å²) < 4.78 is 0. The first kappa shape index (κ1) is 8.69. The first-order valence-corrected chi connectivity index (χ1v) is 5.16. The Morgan fingerprint density at radius 2 is 2.46 bits per heavy atom. The zero-order chi connectivity index (χ0) is 9.26. The molecule has 0 aromatic carbocycles. The third-order valence-electron chi connectivity index (χ3n) is 2.25. The molecule has 0 aromatic rings. The van der Waals surface area contributed by atoms with E-state index < -0.39 is 5.97 Å². The van der Waals surface area contributed by atoms with Crippen LogP contribution in [0.3, 0.4) is 0 Å². The number of hydrogen-bond donors (Lipinski definition) is 1. The summed E-state index contributed by atoms with van der Waals surface area (Å²) in [6, 6.07) is 0. The topological polar surface area (TPSA) is 40.5 Å². The molecule has 0 bridgehead atoms. The summed E-state index contributed by atoms with van der Waals surface area (Å²) in [7, 11) is 0. The van der Waals surface area contributed by atoms with Crippen molar-refractivity contribution in [3.8, 4) is 0 Å². The van der Waals surface area contributed by atoms with Crippen molar-refractivity contribution in [2.75, 3.05) is 13.1 Å². The Hall–Kier alpha value is -0.900. The summed E-state index contributed by atoms with van der Waals surface area (Å²) in [5, 5.41) is 11.2. The maximum absolute atomic E-state index is 10.5. The van der Waals surface area contributed by atoms with E-state index in [9.17, 15) is 4.79 Å². The second kappa shape index (κ2) is 3.46. The van der Waals surface area contributed by atoms with Gasteiger partial charge in [0.1, 0.15) is 6.54 Å². The molecule has 0 aliphatic carbocycles. The summed E-state index contributed by atoms with van der Waals surface area (Å²) in [5.74, 6) is -0.271. The minimum absolute atomic E-state index is 0.109. The van der Waals surface area contributed by atoms with Crippen molar-refractivity contribution < 1.29 is 9.90 Å². The SMILES string of the molecule is O=C(O)CN1C=CC2SC=CC2C1. The monoisotopic (exact) mass is 197 g/mol. The maximum Gasteiger partial charge on any atom is 0.323 e. The quantitative estimate of drug-likeness (QED) is 0.721. The van der Waals surface area contributed by atoms with Crippen LogP contribution in [0.15, 0.2) is 23.8 Å². The highest BCUT2D eigenvalue weighted by Crippen LogP contribution is 2.33. The molecule has 0 saturated heterocycles. The van der Waals surface area contributed by atoms with Crippen molar-refractivity contribution in [1.29, 1.82) is 0 Å². The van der Waals surface area contributed by atoms with Crippen LogP contribution in [0.2, 0.25) is 0 Å². The number of rotatable bonds is 2. The maximum atomic E-state index is 10.5. The predicted molar refractivity (Wildman–Crippen MR) is 52.4 cm³/mol. The number of hydrogen-bond acceptors (Lipinski definition) is 3. The highest BCUT2D eigenvalue weighted by atomic mass is 32.2. The average Bonchev–Trinajstić information content (AvgIpc) is 2.49. The molecular weight excluding hydrogens is 186 g/mol. The lowest BCUT2D eigenvalue weighted by Crippen LogP contribution is -2.35. The molecule has 0 radical (unpaired) electrons. The number of carboxylic acids is 1. The molecule has 2 aliphatic heterocycles. The molecule has 2 heterocycles. The molecule has 13 heavy (non-hydrogen) atoms. The molecule has 3 nitrogen and oxygen atoms in total. The lowest BCUT2D eigenvalue weighted by molar-refractivity contribution is -0.137. The second-order valence-electron chi connectivity index (χ2n) is 3.26. The summed E-state index contributed by atoms with van der Waals surface area (Å²) in [5.41, 5.74) is 0. The van der Waals surface area contributed by atoms with Crippen LogP contribution in [0, 0.1) is 5.92 Å². The van der Waals surface area contributed by atoms with Crippen LogP contribution in [-0.2, 0) is 4.79 Å². The number of carboxylic acid groups (broad SMARTS) is 1. The van der Waals surface area contributed by atoms with Crippen molar-refractivity contribution in [3.63, 3.8) is 0 Å². The van der Waals surface area contributed by atoms with Crippen molar-refractivity contribution in [3.05, 3.63) is 23.8 Å². The van der Waals surface area contributed by atoms with E-state index >= 15 is 0 Å². The zero-order valence-corrected chi connectivity index (χ0v) is 7.91. The minimum Gasteiger partial charge on any atom is -0.480 e. The molecule has 1 N–H and O–H groups in total. The Balaban J connectivity index is 1.99. The highest BCUT2D eigenvalue weighted by molar-refractivity contribution is 8.03. The third-order valence-corrected chi connectivity index (χ3v) is 3.39. The van der Waals surface area contributed by atoms with Gasteiger partial charge in [-0.25, -0.2) is 0 Å². The van der Waals surface area contributed by atoms with Crippen molar-refractivity contribution in [2.45, 2.75) is 5.25 Å². The molecule has 0 amide bonds. The van der Waals surface area contributed by atoms with Gasteiger partial charge in [0.15, 0.2) is 0 Å². The van der Waals surface area contributed by atoms with E-state index in [1.807, 2.05) is 11.1 Å². The van der Waals surface area contributed by atoms with E-state index in [0.29, 0.717) is 11.2 Å². The second-order valence-corrected chi connectivity index (χ2v) is 4.35. The Bertz CT molecular complexity index is 275. The molecule has 0 fully saturated rings. The summed E-state index contributed by atoms with van der Waals surface area (Å²) >= 11 is 1.81. The van der Waals surface area contributed by atoms with Gasteiger partial charge in [-0.3, -0.25) is 4.79 Å². The van der Waals surface area contributed by atoms with E-state index in [0.717, 1.165) is 6.54 Å². The van der Waals surface area contributed by atoms with Crippen LogP contribution >= 0.6 is 11.8 Å². The average molecular weight is 197 g/mol. The van der Waals surface area contributed by atoms with E-state index in [2.05, 4.69) is 17.6 Å². The van der Waals surface area contributed by atoms with E-state index in [1.165, 1.54) is 0 Å². The largest absolute Gasteiger partial charge is 0.480 e. The van der Waals surface area contributed by atoms with Crippen molar-refractivity contribution >= 4 is 17.7 Å². The lowest BCUT2D eigenvalue weighted by Gasteiger charge is -2.28. The molecule has 0 aromatic heterocycles. The summed E-state index contributed by atoms with van der Waals surface area (Å²) in [6.07, 6.45) is 6.14. The number of thioether (sulfide) groups is 1. The smallest absolute Gasteiger partial charge is 0.323 e. The molecule has 4 heteroatoms. The van der Waals surface area contributed by atoms with Gasteiger partial charge in [0.2, 0.25) is 0 Å². The van der Waals surface area contributed by atoms with Crippen molar-refractivity contribution in [1.82, 2.24) is 4.90 Å². The first-order valence-electron chi connectivity index (χ1n) is 4.22. The van der Waals surface area contributed by atoms with Gasteiger partial charge in [-0.2, -0.15) is 0 Å². The van der Waals surface area contributed by atoms with Gasteiger partial charge in [0.25, 0.3) is 0 Å². The molecule has 0 saturated carbocycles. The molecule has 2 aliphatic rings. The summed E-state index contributed by atoms with van der Waals surface area (Å²) in [6.45, 7) is 0.940. The van der Waals surface area contributed by atoms with Gasteiger partial charge in [0, 0.05) is 17.7 Å². The van der Waals surface area contributed by atoms with E-state index in [4.69, 9.17) is 5.11 Å². The minimum atomic E-state index is -0.766. The van der Waals surface area contributed by atoms with Crippen LogP contribution < -0.4 is 0 Å². The fourth-order valence-electron chi connectivity index (χ4n) is 1.63. The van der Waals surface area contributed by atoms with Crippen molar-refractivity contribution in [2.24, 2.45) is 5.92 Å². The van der Waals surface area contributed by atoms with Crippen LogP contribution in [-0.4, -0.2) is 34.3 Å². The first-order chi connectivity index (χ1) is 6.25. The third kappa shape index (κ3) is 1.88. The van der Waals surface area contributed by atoms with E-state index in [-0.39, 0.29) is 6.54 Å².